The lowest BCUT2D eigenvalue weighted by Crippen LogP contribution is -2.48. The zero-order valence-corrected chi connectivity index (χ0v) is 18.9. The Morgan fingerprint density at radius 2 is 1.78 bits per heavy atom. The fourth-order valence-electron chi connectivity index (χ4n) is 2.67. The van der Waals surface area contributed by atoms with Crippen molar-refractivity contribution in [3.05, 3.63) is 18.2 Å². The standard InChI is InChI=1S/C20H28N4O8/c1-19(2,3)30-16(27)12-8-14(25)24(15(12)26)32-17(28)13(7-11-9-21-10-22-11)23-18(29)31-20(4,5)6/h9-10,12-13H,7-8H2,1-6H3,(H,21,22)(H,23,29)/t12?,13-/m0/s1. The molecule has 2 rings (SSSR count). The number of rotatable bonds is 6. The van der Waals surface area contributed by atoms with Crippen molar-refractivity contribution in [1.82, 2.24) is 20.3 Å². The van der Waals surface area contributed by atoms with Crippen molar-refractivity contribution >= 4 is 29.8 Å². The minimum Gasteiger partial charge on any atom is -0.459 e. The topological polar surface area (TPSA) is 157 Å². The number of hydrogen-bond donors (Lipinski definition) is 2. The van der Waals surface area contributed by atoms with Crippen molar-refractivity contribution in [2.75, 3.05) is 0 Å². The Morgan fingerprint density at radius 3 is 2.31 bits per heavy atom. The average molecular weight is 452 g/mol. The van der Waals surface area contributed by atoms with Gasteiger partial charge in [0.2, 0.25) is 0 Å². The van der Waals surface area contributed by atoms with Gasteiger partial charge in [0.25, 0.3) is 11.8 Å². The monoisotopic (exact) mass is 452 g/mol. The Balaban J connectivity index is 2.12. The third kappa shape index (κ3) is 7.06. The number of imidazole rings is 1. The maximum atomic E-state index is 12.7. The van der Waals surface area contributed by atoms with E-state index in [1.807, 2.05) is 0 Å². The predicted molar refractivity (Wildman–Crippen MR) is 107 cm³/mol. The number of nitrogens with one attached hydrogen (secondary N) is 2. The fourth-order valence-corrected chi connectivity index (χ4v) is 2.67. The first-order valence-corrected chi connectivity index (χ1v) is 9.95. The molecule has 12 nitrogen and oxygen atoms in total. The van der Waals surface area contributed by atoms with Gasteiger partial charge in [-0.1, -0.05) is 0 Å². The van der Waals surface area contributed by atoms with Gasteiger partial charge in [0.05, 0.1) is 18.4 Å². The van der Waals surface area contributed by atoms with Crippen LogP contribution in [-0.4, -0.2) is 62.1 Å². The number of carbonyl (C=O) groups is 5. The maximum Gasteiger partial charge on any atom is 0.408 e. The average Bonchev–Trinajstić information content (AvgIpc) is 3.21. The van der Waals surface area contributed by atoms with Crippen LogP contribution in [0.1, 0.15) is 53.7 Å². The Labute approximate surface area is 184 Å². The summed E-state index contributed by atoms with van der Waals surface area (Å²) in [6.07, 6.45) is 1.38. The summed E-state index contributed by atoms with van der Waals surface area (Å²) < 4.78 is 10.3. The van der Waals surface area contributed by atoms with Crippen molar-refractivity contribution < 1.29 is 38.3 Å². The van der Waals surface area contributed by atoms with Crippen LogP contribution in [0, 0.1) is 5.92 Å². The molecule has 0 aliphatic carbocycles. The molecule has 2 heterocycles. The number of carbonyl (C=O) groups excluding carboxylic acids is 5. The number of hydroxylamine groups is 2. The van der Waals surface area contributed by atoms with Gasteiger partial charge in [-0.05, 0) is 41.5 Å². The van der Waals surface area contributed by atoms with Gasteiger partial charge in [0.1, 0.15) is 23.2 Å². The van der Waals surface area contributed by atoms with Crippen LogP contribution < -0.4 is 5.32 Å². The van der Waals surface area contributed by atoms with Crippen LogP contribution in [-0.2, 0) is 39.9 Å². The number of hydrogen-bond acceptors (Lipinski definition) is 9. The summed E-state index contributed by atoms with van der Waals surface area (Å²) in [6.45, 7) is 9.79. The van der Waals surface area contributed by atoms with Gasteiger partial charge in [-0.3, -0.25) is 14.4 Å². The lowest BCUT2D eigenvalue weighted by molar-refractivity contribution is -0.200. The minimum atomic E-state index is -1.42. The Kier molecular flexibility index (Phi) is 7.27. The van der Waals surface area contributed by atoms with Crippen LogP contribution in [0.15, 0.2) is 12.5 Å². The molecule has 0 radical (unpaired) electrons. The molecule has 1 aromatic rings. The van der Waals surface area contributed by atoms with Crippen LogP contribution in [0.5, 0.6) is 0 Å². The van der Waals surface area contributed by atoms with E-state index in [0.29, 0.717) is 5.69 Å². The lowest BCUT2D eigenvalue weighted by Gasteiger charge is -2.23. The minimum absolute atomic E-state index is 0.104. The Morgan fingerprint density at radius 1 is 1.16 bits per heavy atom. The van der Waals surface area contributed by atoms with Crippen molar-refractivity contribution in [2.45, 2.75) is 71.6 Å². The van der Waals surface area contributed by atoms with Crippen molar-refractivity contribution in [2.24, 2.45) is 5.92 Å². The Hall–Kier alpha value is -3.44. The second kappa shape index (κ2) is 9.37. The smallest absolute Gasteiger partial charge is 0.408 e. The van der Waals surface area contributed by atoms with Crippen molar-refractivity contribution in [3.8, 4) is 0 Å². The second-order valence-corrected chi connectivity index (χ2v) is 9.19. The van der Waals surface area contributed by atoms with Crippen LogP contribution in [0.3, 0.4) is 0 Å². The van der Waals surface area contributed by atoms with Crippen molar-refractivity contribution in [3.63, 3.8) is 0 Å². The van der Waals surface area contributed by atoms with E-state index in [1.54, 1.807) is 41.5 Å². The molecular weight excluding hydrogens is 424 g/mol. The first-order valence-electron chi connectivity index (χ1n) is 9.95. The highest BCUT2D eigenvalue weighted by atomic mass is 16.7. The number of ether oxygens (including phenoxy) is 2. The van der Waals surface area contributed by atoms with E-state index in [-0.39, 0.29) is 11.5 Å². The summed E-state index contributed by atoms with van der Waals surface area (Å²) in [5, 5.41) is 2.58. The van der Waals surface area contributed by atoms with E-state index in [1.165, 1.54) is 12.5 Å². The summed E-state index contributed by atoms with van der Waals surface area (Å²) in [6, 6.07) is -1.32. The van der Waals surface area contributed by atoms with E-state index in [0.717, 1.165) is 0 Å². The lowest BCUT2D eigenvalue weighted by atomic mass is 10.1. The molecule has 0 saturated carbocycles. The highest BCUT2D eigenvalue weighted by Crippen LogP contribution is 2.24. The number of H-pyrrole nitrogens is 1. The van der Waals surface area contributed by atoms with Crippen LogP contribution >= 0.6 is 0 Å². The molecule has 0 spiro atoms. The predicted octanol–water partition coefficient (Wildman–Crippen LogP) is 1.02. The number of esters is 1. The third-order valence-electron chi connectivity index (χ3n) is 3.92. The second-order valence-electron chi connectivity index (χ2n) is 9.19. The largest absolute Gasteiger partial charge is 0.459 e. The van der Waals surface area contributed by atoms with Gasteiger partial charge >= 0.3 is 18.0 Å². The van der Waals surface area contributed by atoms with E-state index >= 15 is 0 Å². The number of aromatic amines is 1. The van der Waals surface area contributed by atoms with Gasteiger partial charge < -0.3 is 24.6 Å². The van der Waals surface area contributed by atoms with Gasteiger partial charge in [-0.15, -0.1) is 5.06 Å². The summed E-state index contributed by atoms with van der Waals surface area (Å²) in [5.74, 6) is -5.32. The number of amides is 3. The first-order chi connectivity index (χ1) is 14.7. The molecule has 1 aromatic heterocycles. The molecule has 176 valence electrons. The molecule has 3 amide bonds. The highest BCUT2D eigenvalue weighted by Gasteiger charge is 2.48. The summed E-state index contributed by atoms with van der Waals surface area (Å²) in [4.78, 5) is 73.6. The van der Waals surface area contributed by atoms with Gasteiger partial charge in [-0.2, -0.15) is 0 Å². The molecule has 1 saturated heterocycles. The molecule has 2 N–H and O–H groups in total. The molecular formula is C20H28N4O8. The Bertz CT molecular complexity index is 882. The SMILES string of the molecule is CC(C)(C)OC(=O)N[C@@H](Cc1c[nH]cn1)C(=O)ON1C(=O)CC(C(=O)OC(C)(C)C)C1=O. The zero-order valence-electron chi connectivity index (χ0n) is 18.9. The van der Waals surface area contributed by atoms with Gasteiger partial charge in [-0.25, -0.2) is 14.6 Å². The van der Waals surface area contributed by atoms with Gasteiger partial charge in [0.15, 0.2) is 0 Å². The maximum absolute atomic E-state index is 12.7. The van der Waals surface area contributed by atoms with E-state index in [2.05, 4.69) is 15.3 Å². The van der Waals surface area contributed by atoms with E-state index in [9.17, 15) is 24.0 Å². The first kappa shape index (κ1) is 24.8. The molecule has 2 atom stereocenters. The number of imide groups is 1. The number of alkyl carbamates (subject to hydrolysis) is 1. The fraction of sp³-hybridized carbons (Fsp3) is 0.600. The molecule has 32 heavy (non-hydrogen) atoms. The summed E-state index contributed by atoms with van der Waals surface area (Å²) >= 11 is 0. The van der Waals surface area contributed by atoms with Crippen LogP contribution in [0.25, 0.3) is 0 Å². The van der Waals surface area contributed by atoms with E-state index < -0.39 is 59.4 Å². The number of aromatic nitrogens is 2. The normalized spacial score (nSPS) is 17.7. The highest BCUT2D eigenvalue weighted by molar-refractivity contribution is 6.12. The molecule has 1 unspecified atom stereocenters. The quantitative estimate of drug-likeness (QED) is 0.365. The van der Waals surface area contributed by atoms with Gasteiger partial charge in [0, 0.05) is 12.6 Å². The van der Waals surface area contributed by atoms with Crippen LogP contribution in [0.2, 0.25) is 0 Å². The molecule has 12 heteroatoms. The zero-order chi connectivity index (χ0) is 24.3. The van der Waals surface area contributed by atoms with E-state index in [4.69, 9.17) is 14.3 Å². The summed E-state index contributed by atoms with van der Waals surface area (Å²) in [5.41, 5.74) is -1.28. The molecule has 0 aromatic carbocycles. The van der Waals surface area contributed by atoms with Crippen molar-refractivity contribution in [1.29, 1.82) is 0 Å². The molecule has 1 aliphatic rings. The van der Waals surface area contributed by atoms with Crippen LogP contribution in [0.4, 0.5) is 4.79 Å². The molecule has 1 fully saturated rings. The number of nitrogens with zero attached hydrogens (tertiary/aromatic N) is 2. The molecule has 0 bridgehead atoms. The summed E-state index contributed by atoms with van der Waals surface area (Å²) in [7, 11) is 0. The molecule has 1 aliphatic heterocycles. The third-order valence-corrected chi connectivity index (χ3v) is 3.92.